The fraction of sp³-hybridized carbons (Fsp3) is 0.767. The standard InChI is InChI=1S/C30H49N9O3/c1-16(2)38(12-22-25(40)26(41)29(42-22)39-15-35-24-27(32)33-14-34-28(24)39)19-9-17(10-19)5-8-23-36-20-7-6-18(11-21(20)37-23)30(3,4)13-31/h6-7,11,16-17,19,22-29,33-37,40-41H,5,8-10,12,14-15,32H2,1-4H3/t17-,19+,22-,23?,24?,25-,26-,27?,28?,29-/m1/s1. The first-order valence-corrected chi connectivity index (χ1v) is 15.6. The molecule has 1 saturated carbocycles. The van der Waals surface area contributed by atoms with E-state index in [1.165, 1.54) is 0 Å². The molecule has 4 aliphatic heterocycles. The van der Waals surface area contributed by atoms with Gasteiger partial charge in [-0.3, -0.25) is 20.9 Å². The Morgan fingerprint density at radius 2 is 1.88 bits per heavy atom. The predicted molar refractivity (Wildman–Crippen MR) is 161 cm³/mol. The molecule has 0 spiro atoms. The average Bonchev–Trinajstić information content (AvgIpc) is 3.63. The number of aliphatic hydroxyl groups is 2. The maximum atomic E-state index is 11.0. The van der Waals surface area contributed by atoms with Gasteiger partial charge in [-0.2, -0.15) is 5.26 Å². The number of nitrogens with two attached hydrogens (primary N) is 1. The first-order chi connectivity index (χ1) is 20.1. The lowest BCUT2D eigenvalue weighted by atomic mass is 9.76. The number of fused-ring (bicyclic) bond motifs is 2. The molecule has 8 atom stereocenters. The molecule has 4 fully saturated rings. The highest BCUT2D eigenvalue weighted by Gasteiger charge is 2.52. The predicted octanol–water partition coefficient (Wildman–Crippen LogP) is 0.360. The van der Waals surface area contributed by atoms with Crippen LogP contribution in [0, 0.1) is 17.2 Å². The lowest BCUT2D eigenvalue weighted by Crippen LogP contribution is -2.68. The molecule has 1 aliphatic carbocycles. The normalized spacial score (nSPS) is 38.1. The van der Waals surface area contributed by atoms with Gasteiger partial charge in [-0.1, -0.05) is 6.07 Å². The lowest BCUT2D eigenvalue weighted by molar-refractivity contribution is -0.112. The Labute approximate surface area is 249 Å². The quantitative estimate of drug-likeness (QED) is 0.201. The smallest absolute Gasteiger partial charge is 0.142 e. The van der Waals surface area contributed by atoms with Crippen molar-refractivity contribution in [2.24, 2.45) is 11.7 Å². The molecule has 12 heteroatoms. The van der Waals surface area contributed by atoms with Gasteiger partial charge in [0.1, 0.15) is 24.5 Å². The van der Waals surface area contributed by atoms with Crippen LogP contribution in [0.25, 0.3) is 0 Å². The first kappa shape index (κ1) is 30.0. The number of nitrogens with one attached hydrogen (secondary N) is 5. The molecule has 9 N–H and O–H groups in total. The van der Waals surface area contributed by atoms with E-state index in [2.05, 4.69) is 63.5 Å². The SMILES string of the molecule is CC(C)N(C[C@H]1O[C@@H](N2CNC3C(N)NCNC32)[C@H](O)[C@@H]1O)[C@H]1C[C@@H](CCC2Nc3ccc(C(C)(C)C#N)cc3N2)C1. The fourth-order valence-corrected chi connectivity index (χ4v) is 7.40. The minimum Gasteiger partial charge on any atom is -0.387 e. The van der Waals surface area contributed by atoms with Gasteiger partial charge in [0.05, 0.1) is 54.1 Å². The Hall–Kier alpha value is -2.05. The zero-order valence-electron chi connectivity index (χ0n) is 25.3. The van der Waals surface area contributed by atoms with Gasteiger partial charge >= 0.3 is 0 Å². The van der Waals surface area contributed by atoms with E-state index < -0.39 is 30.0 Å². The summed E-state index contributed by atoms with van der Waals surface area (Å²) in [5.41, 5.74) is 8.91. The van der Waals surface area contributed by atoms with Crippen LogP contribution in [0.4, 0.5) is 11.4 Å². The Kier molecular flexibility index (Phi) is 8.43. The summed E-state index contributed by atoms with van der Waals surface area (Å²) >= 11 is 0. The first-order valence-electron chi connectivity index (χ1n) is 15.6. The van der Waals surface area contributed by atoms with Crippen LogP contribution in [0.3, 0.4) is 0 Å². The van der Waals surface area contributed by atoms with Gasteiger partial charge in [0.15, 0.2) is 0 Å². The zero-order chi connectivity index (χ0) is 29.8. The van der Waals surface area contributed by atoms with Crippen molar-refractivity contribution < 1.29 is 14.9 Å². The largest absolute Gasteiger partial charge is 0.387 e. The van der Waals surface area contributed by atoms with Gasteiger partial charge in [-0.15, -0.1) is 0 Å². The van der Waals surface area contributed by atoms with Crippen molar-refractivity contribution in [3.8, 4) is 6.07 Å². The summed E-state index contributed by atoms with van der Waals surface area (Å²) in [5.74, 6) is 0.659. The number of ether oxygens (including phenoxy) is 1. The van der Waals surface area contributed by atoms with Gasteiger partial charge < -0.3 is 31.3 Å². The third kappa shape index (κ3) is 5.63. The highest BCUT2D eigenvalue weighted by atomic mass is 16.6. The van der Waals surface area contributed by atoms with Crippen molar-refractivity contribution >= 4 is 11.4 Å². The van der Waals surface area contributed by atoms with E-state index in [9.17, 15) is 15.5 Å². The summed E-state index contributed by atoms with van der Waals surface area (Å²) < 4.78 is 6.37. The van der Waals surface area contributed by atoms with Crippen LogP contribution in [-0.2, 0) is 10.2 Å². The molecule has 12 nitrogen and oxygen atoms in total. The van der Waals surface area contributed by atoms with Crippen LogP contribution in [0.5, 0.6) is 0 Å². The van der Waals surface area contributed by atoms with E-state index in [1.807, 2.05) is 24.8 Å². The summed E-state index contributed by atoms with van der Waals surface area (Å²) in [6.45, 7) is 10.0. The molecule has 42 heavy (non-hydrogen) atoms. The minimum atomic E-state index is -0.982. The third-order valence-corrected chi connectivity index (χ3v) is 10.2. The topological polar surface area (TPSA) is 166 Å². The van der Waals surface area contributed by atoms with E-state index in [0.29, 0.717) is 37.9 Å². The molecule has 0 radical (unpaired) electrons. The molecule has 4 unspecified atom stereocenters. The number of hydrogen-bond acceptors (Lipinski definition) is 12. The van der Waals surface area contributed by atoms with Crippen LogP contribution in [-0.4, -0.2) is 101 Å². The summed E-state index contributed by atoms with van der Waals surface area (Å²) in [6, 6.07) is 9.37. The van der Waals surface area contributed by atoms with E-state index in [-0.39, 0.29) is 24.5 Å². The van der Waals surface area contributed by atoms with Crippen molar-refractivity contribution in [3.63, 3.8) is 0 Å². The van der Waals surface area contributed by atoms with Crippen LogP contribution in [0.2, 0.25) is 0 Å². The van der Waals surface area contributed by atoms with Gasteiger partial charge in [0, 0.05) is 25.3 Å². The Morgan fingerprint density at radius 3 is 2.62 bits per heavy atom. The van der Waals surface area contributed by atoms with E-state index >= 15 is 0 Å². The second-order valence-electron chi connectivity index (χ2n) is 13.7. The van der Waals surface area contributed by atoms with Crippen molar-refractivity contribution in [3.05, 3.63) is 23.8 Å². The summed E-state index contributed by atoms with van der Waals surface area (Å²) in [4.78, 5) is 4.50. The number of benzene rings is 1. The van der Waals surface area contributed by atoms with Crippen molar-refractivity contribution in [1.29, 1.82) is 5.26 Å². The maximum absolute atomic E-state index is 11.0. The molecule has 6 rings (SSSR count). The monoisotopic (exact) mass is 583 g/mol. The summed E-state index contributed by atoms with van der Waals surface area (Å²) in [7, 11) is 0. The maximum Gasteiger partial charge on any atom is 0.142 e. The summed E-state index contributed by atoms with van der Waals surface area (Å²) in [6.07, 6.45) is 1.39. The second-order valence-corrected chi connectivity index (χ2v) is 13.7. The molecule has 0 aromatic heterocycles. The number of rotatable bonds is 9. The van der Waals surface area contributed by atoms with Gasteiger partial charge in [-0.05, 0) is 77.0 Å². The summed E-state index contributed by atoms with van der Waals surface area (Å²) in [5, 5.41) is 48.7. The van der Waals surface area contributed by atoms with E-state index in [0.717, 1.165) is 42.6 Å². The second kappa shape index (κ2) is 11.8. The molecule has 4 heterocycles. The zero-order valence-corrected chi connectivity index (χ0v) is 25.3. The molecule has 3 saturated heterocycles. The third-order valence-electron chi connectivity index (χ3n) is 10.2. The van der Waals surface area contributed by atoms with Crippen molar-refractivity contribution in [1.82, 2.24) is 25.8 Å². The van der Waals surface area contributed by atoms with Crippen LogP contribution >= 0.6 is 0 Å². The average molecular weight is 584 g/mol. The van der Waals surface area contributed by atoms with Gasteiger partial charge in [0.2, 0.25) is 0 Å². The molecule has 1 aromatic carbocycles. The number of nitriles is 1. The molecule has 1 aromatic rings. The highest BCUT2D eigenvalue weighted by molar-refractivity contribution is 5.75. The molecule has 5 aliphatic rings. The van der Waals surface area contributed by atoms with Gasteiger partial charge in [-0.25, -0.2) is 4.90 Å². The van der Waals surface area contributed by atoms with Crippen molar-refractivity contribution in [2.75, 3.05) is 30.5 Å². The Balaban J connectivity index is 0.985. The number of hydrogen-bond donors (Lipinski definition) is 8. The number of aliphatic hydroxyl groups excluding tert-OH is 2. The molecule has 0 amide bonds. The minimum absolute atomic E-state index is 0.00166. The van der Waals surface area contributed by atoms with Crippen molar-refractivity contribution in [2.45, 2.75) is 120 Å². The molecule has 0 bridgehead atoms. The number of anilines is 2. The molecular weight excluding hydrogens is 534 g/mol. The Bertz CT molecular complexity index is 1160. The molecular formula is C30H49N9O3. The van der Waals surface area contributed by atoms with Gasteiger partial charge in [0.25, 0.3) is 0 Å². The van der Waals surface area contributed by atoms with E-state index in [4.69, 9.17) is 10.5 Å². The highest BCUT2D eigenvalue weighted by Crippen LogP contribution is 2.40. The fourth-order valence-electron chi connectivity index (χ4n) is 7.40. The van der Waals surface area contributed by atoms with Crippen LogP contribution in [0.1, 0.15) is 58.9 Å². The van der Waals surface area contributed by atoms with Crippen LogP contribution < -0.4 is 32.3 Å². The van der Waals surface area contributed by atoms with Crippen LogP contribution in [0.15, 0.2) is 18.2 Å². The Morgan fingerprint density at radius 1 is 1.12 bits per heavy atom. The number of nitrogens with zero attached hydrogens (tertiary/aromatic N) is 3. The lowest BCUT2D eigenvalue weighted by Gasteiger charge is -2.46. The molecule has 232 valence electrons. The van der Waals surface area contributed by atoms with E-state index in [1.54, 1.807) is 0 Å².